The van der Waals surface area contributed by atoms with E-state index >= 15 is 0 Å². The fourth-order valence-electron chi connectivity index (χ4n) is 6.00. The van der Waals surface area contributed by atoms with Gasteiger partial charge in [-0.25, -0.2) is 4.79 Å². The molecule has 49 heavy (non-hydrogen) atoms. The largest absolute Gasteiger partial charge is 0.497 e. The number of aromatic nitrogens is 1. The second kappa shape index (κ2) is 15.2. The van der Waals surface area contributed by atoms with Gasteiger partial charge in [0.2, 0.25) is 11.8 Å². The van der Waals surface area contributed by atoms with Crippen LogP contribution in [0, 0.1) is 12.3 Å². The Kier molecular flexibility index (Phi) is 11.7. The first-order chi connectivity index (χ1) is 22.9. The molecule has 2 heterocycles. The molecule has 5 N–H and O–H groups in total. The molecule has 2 aromatic rings. The third kappa shape index (κ3) is 9.96. The number of likely N-dealkylation sites (tertiary alicyclic amines) is 1. The lowest BCUT2D eigenvalue weighted by Gasteiger charge is -2.36. The van der Waals surface area contributed by atoms with Gasteiger partial charge in [-0.2, -0.15) is 0 Å². The molecular weight excluding hydrogens is 628 g/mol. The zero-order chi connectivity index (χ0) is 36.3. The molecule has 2 fully saturated rings. The van der Waals surface area contributed by atoms with E-state index in [4.69, 9.17) is 9.47 Å². The van der Waals surface area contributed by atoms with E-state index in [9.17, 15) is 24.3 Å². The summed E-state index contributed by atoms with van der Waals surface area (Å²) in [7, 11) is 1.58. The Morgan fingerprint density at radius 3 is 2.35 bits per heavy atom. The molecule has 1 aromatic heterocycles. The molecule has 5 amide bonds. The number of aryl methyl sites for hydroxylation is 1. The van der Waals surface area contributed by atoms with Crippen molar-refractivity contribution in [1.82, 2.24) is 31.2 Å². The molecule has 4 rings (SSSR count). The number of nitrogens with one attached hydrogen (secondary N) is 4. The van der Waals surface area contributed by atoms with Crippen LogP contribution in [0.5, 0.6) is 11.5 Å². The zero-order valence-corrected chi connectivity index (χ0v) is 30.3. The average molecular weight is 683 g/mol. The fourth-order valence-corrected chi connectivity index (χ4v) is 6.00. The van der Waals surface area contributed by atoms with Crippen LogP contribution in [0.3, 0.4) is 0 Å². The van der Waals surface area contributed by atoms with Crippen molar-refractivity contribution in [2.75, 3.05) is 13.7 Å². The van der Waals surface area contributed by atoms with E-state index in [1.54, 1.807) is 7.11 Å². The molecule has 270 valence electrons. The summed E-state index contributed by atoms with van der Waals surface area (Å²) in [5, 5.41) is 23.1. The summed E-state index contributed by atoms with van der Waals surface area (Å²) >= 11 is 0. The van der Waals surface area contributed by atoms with E-state index in [0.29, 0.717) is 29.9 Å². The third-order valence-corrected chi connectivity index (χ3v) is 8.63. The maximum absolute atomic E-state index is 14.4. The number of aliphatic hydroxyl groups excluding tert-OH is 1. The monoisotopic (exact) mass is 682 g/mol. The minimum absolute atomic E-state index is 0.0484. The Hall–Kier alpha value is -4.13. The van der Waals surface area contributed by atoms with E-state index in [-0.39, 0.29) is 19.0 Å². The van der Waals surface area contributed by atoms with Gasteiger partial charge in [0.1, 0.15) is 29.7 Å². The number of nitrogens with zero attached hydrogens (tertiary/aromatic N) is 2. The van der Waals surface area contributed by atoms with Gasteiger partial charge < -0.3 is 40.7 Å². The van der Waals surface area contributed by atoms with Crippen LogP contribution >= 0.6 is 0 Å². The molecular formula is C36H54N6O7. The smallest absolute Gasteiger partial charge is 0.315 e. The van der Waals surface area contributed by atoms with Crippen LogP contribution in [0.2, 0.25) is 0 Å². The van der Waals surface area contributed by atoms with E-state index < -0.39 is 65.0 Å². The molecule has 0 spiro atoms. The molecule has 1 saturated carbocycles. The van der Waals surface area contributed by atoms with Gasteiger partial charge in [-0.05, 0) is 64.5 Å². The highest BCUT2D eigenvalue weighted by Gasteiger charge is 2.47. The molecule has 1 saturated heterocycles. The first-order valence-corrected chi connectivity index (χ1v) is 17.2. The standard InChI is InChI=1S/C36H54N6O7/c1-10-11-25(29(43)32(45)38-21-12-13-21)39-31(44)27-18-23(49-28-16-20(2)37-26-17-22(48-9)14-15-24(26)28)19-42(27)33(46)30(35(3,4)5)40-34(47)41-36(6,7)8/h14-17,21,23,25,27,29-30,43H,10-13,18-19H2,1-9H3,(H,38,45)(H,39,44)(H2,40,41,47)/t23-,25+,27?,29?,30?/m1/s1. The van der Waals surface area contributed by atoms with Crippen molar-refractivity contribution < 1.29 is 33.8 Å². The molecule has 0 bridgehead atoms. The number of aliphatic hydroxyl groups is 1. The van der Waals surface area contributed by atoms with E-state index in [2.05, 4.69) is 26.3 Å². The quantitative estimate of drug-likeness (QED) is 0.227. The van der Waals surface area contributed by atoms with Gasteiger partial charge in [-0.3, -0.25) is 19.4 Å². The fraction of sp³-hybridized carbons (Fsp3) is 0.639. The molecule has 1 aromatic carbocycles. The lowest BCUT2D eigenvalue weighted by Crippen LogP contribution is -2.61. The van der Waals surface area contributed by atoms with Gasteiger partial charge in [0.15, 0.2) is 6.10 Å². The molecule has 3 unspecified atom stereocenters. The van der Waals surface area contributed by atoms with Crippen molar-refractivity contribution >= 4 is 34.7 Å². The average Bonchev–Trinajstić information content (AvgIpc) is 3.72. The second-order valence-electron chi connectivity index (χ2n) is 15.4. The number of urea groups is 1. The summed E-state index contributed by atoms with van der Waals surface area (Å²) in [5.74, 6) is -0.280. The van der Waals surface area contributed by atoms with Gasteiger partial charge >= 0.3 is 6.03 Å². The number of methoxy groups -OCH3 is 1. The second-order valence-corrected chi connectivity index (χ2v) is 15.4. The Labute approximate surface area is 289 Å². The Balaban J connectivity index is 1.65. The summed E-state index contributed by atoms with van der Waals surface area (Å²) in [6.07, 6.45) is 0.789. The van der Waals surface area contributed by atoms with Crippen molar-refractivity contribution in [2.45, 2.75) is 129 Å². The van der Waals surface area contributed by atoms with E-state index in [1.807, 2.05) is 79.7 Å². The van der Waals surface area contributed by atoms with Crippen LogP contribution < -0.4 is 30.7 Å². The first kappa shape index (κ1) is 37.7. The number of pyridine rings is 1. The lowest BCUT2D eigenvalue weighted by molar-refractivity contribution is -0.143. The van der Waals surface area contributed by atoms with Gasteiger partial charge in [-0.15, -0.1) is 0 Å². The lowest BCUT2D eigenvalue weighted by atomic mass is 9.85. The summed E-state index contributed by atoms with van der Waals surface area (Å²) in [5.41, 5.74) is 0.142. The summed E-state index contributed by atoms with van der Waals surface area (Å²) in [6, 6.07) is 4.01. The number of rotatable bonds is 12. The number of carbonyl (C=O) groups is 4. The number of amides is 5. The molecule has 13 heteroatoms. The SMILES string of the molecule is CCC[C@H](NC(=O)C1C[C@@H](Oc2cc(C)nc3cc(OC)ccc23)CN1C(=O)C(NC(=O)NC(C)(C)C)C(C)(C)C)C(O)C(=O)NC1CC1. The predicted molar refractivity (Wildman–Crippen MR) is 186 cm³/mol. The molecule has 1 aliphatic carbocycles. The van der Waals surface area contributed by atoms with Crippen LogP contribution in [0.1, 0.15) is 86.3 Å². The number of ether oxygens (including phenoxy) is 2. The van der Waals surface area contributed by atoms with Crippen LogP contribution in [0.4, 0.5) is 4.79 Å². The predicted octanol–water partition coefficient (Wildman–Crippen LogP) is 3.34. The van der Waals surface area contributed by atoms with Crippen molar-refractivity contribution in [3.63, 3.8) is 0 Å². The van der Waals surface area contributed by atoms with Crippen molar-refractivity contribution in [1.29, 1.82) is 0 Å². The molecule has 13 nitrogen and oxygen atoms in total. The zero-order valence-electron chi connectivity index (χ0n) is 30.3. The Bertz CT molecular complexity index is 1530. The van der Waals surface area contributed by atoms with Crippen LogP contribution in [0.25, 0.3) is 10.9 Å². The number of hydrogen-bond acceptors (Lipinski definition) is 8. The third-order valence-electron chi connectivity index (χ3n) is 8.63. The van der Waals surface area contributed by atoms with Crippen molar-refractivity contribution in [3.8, 4) is 11.5 Å². The molecule has 2 aliphatic rings. The van der Waals surface area contributed by atoms with Crippen molar-refractivity contribution in [2.24, 2.45) is 5.41 Å². The first-order valence-electron chi connectivity index (χ1n) is 17.2. The minimum atomic E-state index is -1.45. The molecule has 5 atom stereocenters. The molecule has 0 radical (unpaired) electrons. The normalized spacial score (nSPS) is 19.8. The van der Waals surface area contributed by atoms with Crippen LogP contribution in [-0.4, -0.2) is 94.3 Å². The number of hydrogen-bond donors (Lipinski definition) is 5. The van der Waals surface area contributed by atoms with E-state index in [1.165, 1.54) is 4.90 Å². The maximum atomic E-state index is 14.4. The number of benzene rings is 1. The highest BCUT2D eigenvalue weighted by Crippen LogP contribution is 2.33. The van der Waals surface area contributed by atoms with Gasteiger partial charge in [0.25, 0.3) is 5.91 Å². The highest BCUT2D eigenvalue weighted by molar-refractivity contribution is 5.94. The Morgan fingerprint density at radius 1 is 1.06 bits per heavy atom. The summed E-state index contributed by atoms with van der Waals surface area (Å²) in [6.45, 7) is 14.9. The number of fused-ring (bicyclic) bond motifs is 1. The van der Waals surface area contributed by atoms with Crippen molar-refractivity contribution in [3.05, 3.63) is 30.0 Å². The molecule has 1 aliphatic heterocycles. The minimum Gasteiger partial charge on any atom is -0.497 e. The van der Waals surface area contributed by atoms with E-state index in [0.717, 1.165) is 23.9 Å². The summed E-state index contributed by atoms with van der Waals surface area (Å²) < 4.78 is 11.9. The summed E-state index contributed by atoms with van der Waals surface area (Å²) in [4.78, 5) is 60.4. The van der Waals surface area contributed by atoms with Gasteiger partial charge in [0.05, 0.1) is 25.2 Å². The topological polar surface area (TPSA) is 171 Å². The highest BCUT2D eigenvalue weighted by atomic mass is 16.5. The van der Waals surface area contributed by atoms with Gasteiger partial charge in [0, 0.05) is 41.2 Å². The number of carbonyl (C=O) groups excluding carboxylic acids is 4. The Morgan fingerprint density at radius 2 is 1.76 bits per heavy atom. The van der Waals surface area contributed by atoms with Gasteiger partial charge in [-0.1, -0.05) is 34.1 Å². The maximum Gasteiger partial charge on any atom is 0.315 e. The van der Waals surface area contributed by atoms with Crippen LogP contribution in [0.15, 0.2) is 24.3 Å². The van der Waals surface area contributed by atoms with Crippen LogP contribution in [-0.2, 0) is 14.4 Å².